The number of likely N-dealkylation sites (N-methyl/N-ethyl adjacent to an activating group) is 1. The van der Waals surface area contributed by atoms with E-state index in [0.29, 0.717) is 0 Å². The fraction of sp³-hybridized carbons (Fsp3) is 1.00. The Bertz CT molecular complexity index is 213. The smallest absolute Gasteiger partial charge is 0.389 e. The maximum absolute atomic E-state index is 12.8. The summed E-state index contributed by atoms with van der Waals surface area (Å²) >= 11 is 0. The van der Waals surface area contributed by atoms with Gasteiger partial charge in [-0.1, -0.05) is 6.92 Å². The van der Waals surface area contributed by atoms with Crippen molar-refractivity contribution in [3.8, 4) is 0 Å². The second-order valence-corrected chi connectivity index (χ2v) is 4.79. The van der Waals surface area contributed by atoms with E-state index < -0.39 is 23.9 Å². The molecule has 0 aliphatic rings. The number of nitrogens with zero attached hydrogens (tertiary/aromatic N) is 1. The largest absolute Gasteiger partial charge is 0.405 e. The molecule has 0 heterocycles. The minimum Gasteiger partial charge on any atom is -0.389 e. The van der Waals surface area contributed by atoms with Crippen LogP contribution in [0.4, 0.5) is 13.2 Å². The summed E-state index contributed by atoms with van der Waals surface area (Å²) in [5.41, 5.74) is 4.30. The third-order valence-corrected chi connectivity index (χ3v) is 2.32. The first-order chi connectivity index (χ1) is 6.99. The lowest BCUT2D eigenvalue weighted by molar-refractivity contribution is -0.190. The van der Waals surface area contributed by atoms with Gasteiger partial charge in [-0.2, -0.15) is 13.2 Å². The van der Waals surface area contributed by atoms with Gasteiger partial charge in [0.15, 0.2) is 0 Å². The van der Waals surface area contributed by atoms with Crippen LogP contribution in [0.1, 0.15) is 27.2 Å². The Balaban J connectivity index is 4.78. The van der Waals surface area contributed by atoms with Crippen molar-refractivity contribution in [1.82, 2.24) is 4.90 Å². The summed E-state index contributed by atoms with van der Waals surface area (Å²) in [5, 5.41) is 9.51. The van der Waals surface area contributed by atoms with E-state index in [4.69, 9.17) is 5.73 Å². The van der Waals surface area contributed by atoms with Gasteiger partial charge >= 0.3 is 6.18 Å². The van der Waals surface area contributed by atoms with Gasteiger partial charge in [-0.05, 0) is 27.3 Å². The zero-order valence-corrected chi connectivity index (χ0v) is 10.2. The zero-order chi connectivity index (χ0) is 13.1. The van der Waals surface area contributed by atoms with Crippen LogP contribution >= 0.6 is 0 Å². The van der Waals surface area contributed by atoms with Crippen molar-refractivity contribution in [1.29, 1.82) is 0 Å². The van der Waals surface area contributed by atoms with E-state index in [2.05, 4.69) is 0 Å². The van der Waals surface area contributed by atoms with Crippen LogP contribution in [0, 0.1) is 0 Å². The molecule has 0 aromatic rings. The molecule has 0 bridgehead atoms. The second-order valence-electron chi connectivity index (χ2n) is 4.79. The fourth-order valence-electron chi connectivity index (χ4n) is 1.75. The van der Waals surface area contributed by atoms with Crippen molar-refractivity contribution < 1.29 is 18.3 Å². The van der Waals surface area contributed by atoms with Gasteiger partial charge in [0.2, 0.25) is 0 Å². The molecule has 0 spiro atoms. The van der Waals surface area contributed by atoms with Crippen LogP contribution in [0.15, 0.2) is 0 Å². The third kappa shape index (κ3) is 5.14. The molecule has 2 unspecified atom stereocenters. The monoisotopic (exact) mass is 242 g/mol. The Morgan fingerprint density at radius 1 is 1.31 bits per heavy atom. The van der Waals surface area contributed by atoms with Crippen LogP contribution in [0.25, 0.3) is 0 Å². The number of alkyl halides is 3. The number of hydrogen-bond acceptors (Lipinski definition) is 3. The van der Waals surface area contributed by atoms with Crippen molar-refractivity contribution in [2.45, 2.75) is 51.1 Å². The molecule has 0 aliphatic carbocycles. The number of halogens is 3. The summed E-state index contributed by atoms with van der Waals surface area (Å²) in [6.45, 7) is 4.47. The van der Waals surface area contributed by atoms with Gasteiger partial charge < -0.3 is 10.8 Å². The van der Waals surface area contributed by atoms with Crippen LogP contribution in [0.5, 0.6) is 0 Å². The Morgan fingerprint density at radius 2 is 1.75 bits per heavy atom. The molecular weight excluding hydrogens is 221 g/mol. The molecule has 0 aromatic carbocycles. The van der Waals surface area contributed by atoms with Crippen molar-refractivity contribution >= 4 is 0 Å². The number of aliphatic hydroxyl groups is 1. The molecule has 0 amide bonds. The number of hydrogen-bond donors (Lipinski definition) is 2. The average molecular weight is 242 g/mol. The van der Waals surface area contributed by atoms with Crippen molar-refractivity contribution in [3.05, 3.63) is 0 Å². The van der Waals surface area contributed by atoms with Crippen molar-refractivity contribution in [3.63, 3.8) is 0 Å². The summed E-state index contributed by atoms with van der Waals surface area (Å²) in [6.07, 6.45) is -4.14. The lowest BCUT2D eigenvalue weighted by Crippen LogP contribution is -2.57. The molecule has 2 atom stereocenters. The van der Waals surface area contributed by atoms with E-state index in [0.717, 1.165) is 4.90 Å². The van der Waals surface area contributed by atoms with Gasteiger partial charge in [0, 0.05) is 12.6 Å². The predicted molar refractivity (Wildman–Crippen MR) is 57.0 cm³/mol. The zero-order valence-electron chi connectivity index (χ0n) is 10.2. The molecule has 0 fully saturated rings. The minimum atomic E-state index is -4.38. The Morgan fingerprint density at radius 3 is 2.00 bits per heavy atom. The van der Waals surface area contributed by atoms with Crippen LogP contribution in [-0.2, 0) is 0 Å². The molecular formula is C10H21F3N2O. The van der Waals surface area contributed by atoms with E-state index in [1.165, 1.54) is 20.9 Å². The Kier molecular flexibility index (Phi) is 5.22. The maximum atomic E-state index is 12.8. The molecule has 3 N–H and O–H groups in total. The van der Waals surface area contributed by atoms with E-state index >= 15 is 0 Å². The van der Waals surface area contributed by atoms with Crippen LogP contribution in [0.2, 0.25) is 0 Å². The normalized spacial score (nSPS) is 17.6. The van der Waals surface area contributed by atoms with Gasteiger partial charge in [0.1, 0.15) is 6.04 Å². The summed E-state index contributed by atoms with van der Waals surface area (Å²) in [7, 11) is 1.33. The Labute approximate surface area is 94.4 Å². The van der Waals surface area contributed by atoms with Crippen LogP contribution < -0.4 is 5.73 Å². The first kappa shape index (κ1) is 15.7. The predicted octanol–water partition coefficient (Wildman–Crippen LogP) is 1.36. The summed E-state index contributed by atoms with van der Waals surface area (Å²) in [5.74, 6) is 0. The van der Waals surface area contributed by atoms with Crippen molar-refractivity contribution in [2.75, 3.05) is 13.6 Å². The van der Waals surface area contributed by atoms with Crippen LogP contribution in [-0.4, -0.2) is 47.5 Å². The standard InChI is InChI=1S/C10H21F3N2O/c1-5-7(14)8(10(11,12)13)15(4)6-9(2,3)16/h7-8,16H,5-6,14H2,1-4H3. The van der Waals surface area contributed by atoms with Gasteiger partial charge in [-0.3, -0.25) is 4.90 Å². The highest BCUT2D eigenvalue weighted by Crippen LogP contribution is 2.27. The summed E-state index contributed by atoms with van der Waals surface area (Å²) in [6, 6.07) is -2.70. The lowest BCUT2D eigenvalue weighted by Gasteiger charge is -2.36. The lowest BCUT2D eigenvalue weighted by atomic mass is 10.0. The molecule has 98 valence electrons. The maximum Gasteiger partial charge on any atom is 0.405 e. The van der Waals surface area contributed by atoms with Gasteiger partial charge in [0.05, 0.1) is 5.60 Å². The molecule has 0 rings (SSSR count). The first-order valence-electron chi connectivity index (χ1n) is 5.24. The first-order valence-corrected chi connectivity index (χ1v) is 5.24. The highest BCUT2D eigenvalue weighted by molar-refractivity contribution is 4.88. The SMILES string of the molecule is CCC(N)C(N(C)CC(C)(C)O)C(F)(F)F. The summed E-state index contributed by atoms with van der Waals surface area (Å²) < 4.78 is 38.3. The molecule has 16 heavy (non-hydrogen) atoms. The third-order valence-electron chi connectivity index (χ3n) is 2.32. The fourth-order valence-corrected chi connectivity index (χ4v) is 1.75. The second kappa shape index (κ2) is 5.33. The van der Waals surface area contributed by atoms with E-state index in [1.54, 1.807) is 6.92 Å². The number of nitrogens with two attached hydrogens (primary N) is 1. The van der Waals surface area contributed by atoms with E-state index in [1.807, 2.05) is 0 Å². The molecule has 0 saturated carbocycles. The molecule has 3 nitrogen and oxygen atoms in total. The highest BCUT2D eigenvalue weighted by atomic mass is 19.4. The van der Waals surface area contributed by atoms with E-state index in [-0.39, 0.29) is 13.0 Å². The Hall–Kier alpha value is -0.330. The quantitative estimate of drug-likeness (QED) is 0.765. The van der Waals surface area contributed by atoms with E-state index in [9.17, 15) is 18.3 Å². The van der Waals surface area contributed by atoms with Crippen molar-refractivity contribution in [2.24, 2.45) is 5.73 Å². The molecule has 0 saturated heterocycles. The number of rotatable bonds is 5. The van der Waals surface area contributed by atoms with Gasteiger partial charge in [-0.15, -0.1) is 0 Å². The topological polar surface area (TPSA) is 49.5 Å². The highest BCUT2D eigenvalue weighted by Gasteiger charge is 2.46. The van der Waals surface area contributed by atoms with Gasteiger partial charge in [-0.25, -0.2) is 0 Å². The minimum absolute atomic E-state index is 0.0785. The molecule has 6 heteroatoms. The molecule has 0 radical (unpaired) electrons. The average Bonchev–Trinajstić information content (AvgIpc) is 1.97. The van der Waals surface area contributed by atoms with Gasteiger partial charge in [0.25, 0.3) is 0 Å². The van der Waals surface area contributed by atoms with Crippen LogP contribution in [0.3, 0.4) is 0 Å². The summed E-state index contributed by atoms with van der Waals surface area (Å²) in [4.78, 5) is 1.06. The molecule has 0 aromatic heterocycles. The molecule has 0 aliphatic heterocycles.